The number of hydrogen-bond donors (Lipinski definition) is 0. The van der Waals surface area contributed by atoms with E-state index >= 15 is 0 Å². The molecule has 0 amide bonds. The lowest BCUT2D eigenvalue weighted by molar-refractivity contribution is -0.143. The van der Waals surface area contributed by atoms with Gasteiger partial charge in [0, 0.05) is 0 Å². The van der Waals surface area contributed by atoms with Gasteiger partial charge in [0.25, 0.3) is 0 Å². The molecular weight excluding hydrogens is 201 g/mol. The van der Waals surface area contributed by atoms with Gasteiger partial charge in [-0.2, -0.15) is 13.2 Å². The van der Waals surface area contributed by atoms with Crippen molar-refractivity contribution in [2.24, 2.45) is 0 Å². The summed E-state index contributed by atoms with van der Waals surface area (Å²) in [5.41, 5.74) is 0.156. The fourth-order valence-electron chi connectivity index (χ4n) is 0.242. The highest BCUT2D eigenvalue weighted by atomic mass is 79.9. The lowest BCUT2D eigenvalue weighted by atomic mass is 10.4. The molecular formula is C4H6BrF3O. The second-order valence-electron chi connectivity index (χ2n) is 1.38. The van der Waals surface area contributed by atoms with E-state index in [1.165, 1.54) is 0 Å². The van der Waals surface area contributed by atoms with Crippen LogP contribution in [0.15, 0.2) is 0 Å². The fraction of sp³-hybridized carbons (Fsp3) is 1.00. The second kappa shape index (κ2) is 4.11. The van der Waals surface area contributed by atoms with Crippen molar-refractivity contribution >= 4 is 15.9 Å². The molecule has 0 aromatic carbocycles. The number of halogens is 4. The summed E-state index contributed by atoms with van der Waals surface area (Å²) in [4.78, 5) is 0. The number of alkyl halides is 4. The van der Waals surface area contributed by atoms with Gasteiger partial charge in [-0.05, 0) is 0 Å². The Bertz CT molecular complexity index is 72.7. The Morgan fingerprint density at radius 3 is 2.22 bits per heavy atom. The molecule has 0 heterocycles. The number of rotatable bonds is 3. The van der Waals surface area contributed by atoms with E-state index in [0.29, 0.717) is 0 Å². The van der Waals surface area contributed by atoms with Gasteiger partial charge in [0.05, 0.1) is 13.0 Å². The third kappa shape index (κ3) is 8.23. The molecule has 56 valence electrons. The van der Waals surface area contributed by atoms with Crippen LogP contribution in [0.4, 0.5) is 13.2 Å². The van der Waals surface area contributed by atoms with E-state index in [1.807, 2.05) is 0 Å². The fourth-order valence-corrected chi connectivity index (χ4v) is 0.471. The summed E-state index contributed by atoms with van der Waals surface area (Å²) in [6.45, 7) is -0.269. The van der Waals surface area contributed by atoms with Gasteiger partial charge in [0.2, 0.25) is 0 Å². The standard InChI is InChI=1S/C4H6BrF3O/c5-3-9-2-1-4(6,7)8/h1-3H2. The van der Waals surface area contributed by atoms with Crippen molar-refractivity contribution in [2.75, 3.05) is 12.1 Å². The van der Waals surface area contributed by atoms with Crippen LogP contribution in [0.1, 0.15) is 6.42 Å². The minimum absolute atomic E-state index is 0.156. The molecule has 0 unspecified atom stereocenters. The van der Waals surface area contributed by atoms with Crippen molar-refractivity contribution < 1.29 is 17.9 Å². The molecule has 0 saturated carbocycles. The van der Waals surface area contributed by atoms with E-state index in [1.54, 1.807) is 0 Å². The van der Waals surface area contributed by atoms with Gasteiger partial charge >= 0.3 is 6.18 Å². The van der Waals surface area contributed by atoms with E-state index < -0.39 is 12.6 Å². The molecule has 0 aliphatic carbocycles. The van der Waals surface area contributed by atoms with Crippen LogP contribution in [0.2, 0.25) is 0 Å². The average molecular weight is 207 g/mol. The highest BCUT2D eigenvalue weighted by molar-refractivity contribution is 9.09. The molecule has 0 atom stereocenters. The minimum Gasteiger partial charge on any atom is -0.370 e. The van der Waals surface area contributed by atoms with Crippen molar-refractivity contribution in [1.29, 1.82) is 0 Å². The van der Waals surface area contributed by atoms with Crippen LogP contribution in [-0.2, 0) is 4.74 Å². The van der Waals surface area contributed by atoms with Crippen molar-refractivity contribution in [3.05, 3.63) is 0 Å². The third-order valence-electron chi connectivity index (χ3n) is 0.607. The van der Waals surface area contributed by atoms with Crippen LogP contribution in [0, 0.1) is 0 Å². The van der Waals surface area contributed by atoms with Crippen molar-refractivity contribution in [1.82, 2.24) is 0 Å². The molecule has 0 rings (SSSR count). The van der Waals surface area contributed by atoms with Gasteiger partial charge in [0.15, 0.2) is 0 Å². The average Bonchev–Trinajstić information content (AvgIpc) is 1.63. The molecule has 0 aliphatic heterocycles. The van der Waals surface area contributed by atoms with E-state index in [9.17, 15) is 13.2 Å². The summed E-state index contributed by atoms with van der Waals surface area (Å²) in [6.07, 6.45) is -4.97. The van der Waals surface area contributed by atoms with E-state index in [0.717, 1.165) is 0 Å². The lowest BCUT2D eigenvalue weighted by Crippen LogP contribution is -2.10. The number of hydrogen-bond acceptors (Lipinski definition) is 1. The first kappa shape index (κ1) is 9.23. The van der Waals surface area contributed by atoms with Crippen LogP contribution in [0.3, 0.4) is 0 Å². The zero-order chi connectivity index (χ0) is 7.33. The van der Waals surface area contributed by atoms with Gasteiger partial charge in [-0.25, -0.2) is 0 Å². The van der Waals surface area contributed by atoms with Crippen LogP contribution in [0.5, 0.6) is 0 Å². The van der Waals surface area contributed by atoms with Crippen molar-refractivity contribution in [3.63, 3.8) is 0 Å². The largest absolute Gasteiger partial charge is 0.391 e. The Kier molecular flexibility index (Phi) is 4.22. The first-order chi connectivity index (χ1) is 4.06. The monoisotopic (exact) mass is 206 g/mol. The predicted octanol–water partition coefficient (Wildman–Crippen LogP) is 2.31. The predicted molar refractivity (Wildman–Crippen MR) is 30.4 cm³/mol. The molecule has 0 aromatic rings. The Balaban J connectivity index is 3.07. The van der Waals surface area contributed by atoms with Crippen LogP contribution >= 0.6 is 15.9 Å². The summed E-state index contributed by atoms with van der Waals surface area (Å²) >= 11 is 2.83. The molecule has 0 aliphatic rings. The highest BCUT2D eigenvalue weighted by Gasteiger charge is 2.26. The normalized spacial score (nSPS) is 12.0. The lowest BCUT2D eigenvalue weighted by Gasteiger charge is -2.03. The highest BCUT2D eigenvalue weighted by Crippen LogP contribution is 2.18. The molecule has 0 N–H and O–H groups in total. The van der Waals surface area contributed by atoms with Gasteiger partial charge in [-0.15, -0.1) is 0 Å². The molecule has 9 heavy (non-hydrogen) atoms. The molecule has 0 saturated heterocycles. The third-order valence-corrected chi connectivity index (χ3v) is 0.931. The summed E-state index contributed by atoms with van der Waals surface area (Å²) < 4.78 is 38.3. The first-order valence-corrected chi connectivity index (χ1v) is 3.39. The zero-order valence-corrected chi connectivity index (χ0v) is 6.13. The first-order valence-electron chi connectivity index (χ1n) is 2.27. The quantitative estimate of drug-likeness (QED) is 0.509. The molecule has 0 radical (unpaired) electrons. The molecule has 1 nitrogen and oxygen atoms in total. The Labute approximate surface area is 59.3 Å². The SMILES string of the molecule is FC(F)(F)CCOCBr. The summed E-state index contributed by atoms with van der Waals surface area (Å²) in [7, 11) is 0. The second-order valence-corrected chi connectivity index (χ2v) is 1.84. The van der Waals surface area contributed by atoms with E-state index in [2.05, 4.69) is 20.7 Å². The van der Waals surface area contributed by atoms with Gasteiger partial charge in [0.1, 0.15) is 5.52 Å². The van der Waals surface area contributed by atoms with Crippen LogP contribution < -0.4 is 0 Å². The van der Waals surface area contributed by atoms with Crippen molar-refractivity contribution in [2.45, 2.75) is 12.6 Å². The number of ether oxygens (including phenoxy) is 1. The van der Waals surface area contributed by atoms with Gasteiger partial charge < -0.3 is 4.74 Å². The van der Waals surface area contributed by atoms with E-state index in [4.69, 9.17) is 0 Å². The molecule has 0 aromatic heterocycles. The Hall–Kier alpha value is 0.230. The smallest absolute Gasteiger partial charge is 0.370 e. The topological polar surface area (TPSA) is 9.23 Å². The maximum absolute atomic E-state index is 11.3. The minimum atomic E-state index is -4.10. The maximum Gasteiger partial charge on any atom is 0.391 e. The van der Waals surface area contributed by atoms with Gasteiger partial charge in [-0.3, -0.25) is 0 Å². The molecule has 0 spiro atoms. The maximum atomic E-state index is 11.3. The molecule has 0 bridgehead atoms. The van der Waals surface area contributed by atoms with E-state index in [-0.39, 0.29) is 12.1 Å². The Morgan fingerprint density at radius 2 is 1.89 bits per heavy atom. The Morgan fingerprint density at radius 1 is 1.33 bits per heavy atom. The zero-order valence-electron chi connectivity index (χ0n) is 4.54. The summed E-state index contributed by atoms with van der Waals surface area (Å²) in [6, 6.07) is 0. The molecule has 0 fully saturated rings. The van der Waals surface area contributed by atoms with Crippen molar-refractivity contribution in [3.8, 4) is 0 Å². The van der Waals surface area contributed by atoms with Crippen LogP contribution in [0.25, 0.3) is 0 Å². The summed E-state index contributed by atoms with van der Waals surface area (Å²) in [5, 5.41) is 0. The van der Waals surface area contributed by atoms with Crippen LogP contribution in [-0.4, -0.2) is 18.3 Å². The molecule has 5 heteroatoms. The van der Waals surface area contributed by atoms with Gasteiger partial charge in [-0.1, -0.05) is 15.9 Å². The summed E-state index contributed by atoms with van der Waals surface area (Å²) in [5.74, 6) is 0.